The van der Waals surface area contributed by atoms with E-state index in [4.69, 9.17) is 11.6 Å². The van der Waals surface area contributed by atoms with Crippen molar-refractivity contribution >= 4 is 17.3 Å². The van der Waals surface area contributed by atoms with E-state index in [1.807, 2.05) is 0 Å². The number of anilines is 1. The zero-order valence-corrected chi connectivity index (χ0v) is 11.5. The molecule has 1 aliphatic carbocycles. The number of aryl methyl sites for hydroxylation is 2. The molecule has 1 atom stereocenters. The van der Waals surface area contributed by atoms with E-state index < -0.39 is 0 Å². The molecule has 2 aromatic carbocycles. The van der Waals surface area contributed by atoms with Crippen LogP contribution in [0.2, 0.25) is 5.02 Å². The minimum absolute atomic E-state index is 0.186. The van der Waals surface area contributed by atoms with E-state index in [0.29, 0.717) is 10.7 Å². The first-order valence-electron chi connectivity index (χ1n) is 6.44. The van der Waals surface area contributed by atoms with Gasteiger partial charge in [-0.1, -0.05) is 35.4 Å². The number of fused-ring (bicyclic) bond motifs is 1. The van der Waals surface area contributed by atoms with Crippen molar-refractivity contribution in [1.82, 2.24) is 0 Å². The lowest BCUT2D eigenvalue weighted by Gasteiger charge is -2.16. The van der Waals surface area contributed by atoms with Crippen molar-refractivity contribution < 1.29 is 4.39 Å². The van der Waals surface area contributed by atoms with Gasteiger partial charge in [0.25, 0.3) is 0 Å². The highest BCUT2D eigenvalue weighted by atomic mass is 35.5. The van der Waals surface area contributed by atoms with Crippen LogP contribution < -0.4 is 5.32 Å². The molecule has 0 saturated carbocycles. The Morgan fingerprint density at radius 2 is 2.05 bits per heavy atom. The van der Waals surface area contributed by atoms with Gasteiger partial charge in [0.1, 0.15) is 5.82 Å². The van der Waals surface area contributed by atoms with Gasteiger partial charge in [0.05, 0.1) is 11.7 Å². The predicted molar refractivity (Wildman–Crippen MR) is 77.3 cm³/mol. The lowest BCUT2D eigenvalue weighted by molar-refractivity contribution is 0.625. The highest BCUT2D eigenvalue weighted by Gasteiger charge is 2.22. The second kappa shape index (κ2) is 4.86. The van der Waals surface area contributed by atoms with E-state index in [9.17, 15) is 4.39 Å². The molecule has 19 heavy (non-hydrogen) atoms. The summed E-state index contributed by atoms with van der Waals surface area (Å²) in [6.45, 7) is 2.08. The summed E-state index contributed by atoms with van der Waals surface area (Å²) in [5, 5.41) is 3.71. The summed E-state index contributed by atoms with van der Waals surface area (Å²) in [5.74, 6) is -0.298. The lowest BCUT2D eigenvalue weighted by atomic mass is 10.0. The Bertz CT molecular complexity index is 624. The van der Waals surface area contributed by atoms with E-state index in [1.165, 1.54) is 22.8 Å². The molecular formula is C16H15ClFN. The normalized spacial score (nSPS) is 17.3. The molecule has 0 spiro atoms. The molecule has 3 rings (SSSR count). The van der Waals surface area contributed by atoms with Gasteiger partial charge in [-0.05, 0) is 49.1 Å². The van der Waals surface area contributed by atoms with Crippen molar-refractivity contribution in [1.29, 1.82) is 0 Å². The standard InChI is InChI=1S/C16H15ClFN/c1-10-2-3-11-4-6-15(13(11)8-10)19-16-7-5-12(17)9-14(16)18/h2-3,5,7-9,15,19H,4,6H2,1H3. The Hall–Kier alpha value is -1.54. The van der Waals surface area contributed by atoms with Crippen molar-refractivity contribution in [3.8, 4) is 0 Å². The van der Waals surface area contributed by atoms with E-state index in [-0.39, 0.29) is 11.9 Å². The molecule has 0 aliphatic heterocycles. The minimum atomic E-state index is -0.298. The second-order valence-corrected chi connectivity index (χ2v) is 5.50. The summed E-state index contributed by atoms with van der Waals surface area (Å²) >= 11 is 5.77. The van der Waals surface area contributed by atoms with E-state index in [2.05, 4.69) is 30.4 Å². The predicted octanol–water partition coefficient (Wildman–Crippen LogP) is 4.89. The zero-order valence-electron chi connectivity index (χ0n) is 10.7. The number of rotatable bonds is 2. The van der Waals surface area contributed by atoms with Gasteiger partial charge < -0.3 is 5.32 Å². The summed E-state index contributed by atoms with van der Waals surface area (Å²) in [5.41, 5.74) is 4.40. The number of nitrogens with one attached hydrogen (secondary N) is 1. The number of hydrogen-bond acceptors (Lipinski definition) is 1. The largest absolute Gasteiger partial charge is 0.376 e. The summed E-state index contributed by atoms with van der Waals surface area (Å²) in [7, 11) is 0. The SMILES string of the molecule is Cc1ccc2c(c1)C(Nc1ccc(Cl)cc1F)CC2. The molecule has 98 valence electrons. The molecule has 3 heteroatoms. The van der Waals surface area contributed by atoms with E-state index >= 15 is 0 Å². The van der Waals surface area contributed by atoms with Gasteiger partial charge in [-0.3, -0.25) is 0 Å². The topological polar surface area (TPSA) is 12.0 Å². The van der Waals surface area contributed by atoms with Crippen LogP contribution in [0.4, 0.5) is 10.1 Å². The quantitative estimate of drug-likeness (QED) is 0.823. The highest BCUT2D eigenvalue weighted by molar-refractivity contribution is 6.30. The van der Waals surface area contributed by atoms with Crippen LogP contribution in [-0.2, 0) is 6.42 Å². The Balaban J connectivity index is 1.88. The van der Waals surface area contributed by atoms with Gasteiger partial charge in [-0.25, -0.2) is 4.39 Å². The summed E-state index contributed by atoms with van der Waals surface area (Å²) in [4.78, 5) is 0. The minimum Gasteiger partial charge on any atom is -0.376 e. The van der Waals surface area contributed by atoms with Crippen LogP contribution in [-0.4, -0.2) is 0 Å². The van der Waals surface area contributed by atoms with Gasteiger partial charge >= 0.3 is 0 Å². The first kappa shape index (κ1) is 12.5. The van der Waals surface area contributed by atoms with Crippen LogP contribution in [0.5, 0.6) is 0 Å². The van der Waals surface area contributed by atoms with Crippen molar-refractivity contribution in [3.63, 3.8) is 0 Å². The first-order valence-corrected chi connectivity index (χ1v) is 6.82. The summed E-state index contributed by atoms with van der Waals surface area (Å²) in [6, 6.07) is 11.4. The monoisotopic (exact) mass is 275 g/mol. The molecule has 1 N–H and O–H groups in total. The maximum atomic E-state index is 13.8. The van der Waals surface area contributed by atoms with Gasteiger partial charge in [0.2, 0.25) is 0 Å². The zero-order chi connectivity index (χ0) is 13.4. The van der Waals surface area contributed by atoms with Gasteiger partial charge in [0, 0.05) is 5.02 Å². The van der Waals surface area contributed by atoms with Crippen molar-refractivity contribution in [2.24, 2.45) is 0 Å². The van der Waals surface area contributed by atoms with Gasteiger partial charge in [0.15, 0.2) is 0 Å². The third-order valence-corrected chi connectivity index (χ3v) is 3.88. The maximum Gasteiger partial charge on any atom is 0.147 e. The average molecular weight is 276 g/mol. The summed E-state index contributed by atoms with van der Waals surface area (Å²) < 4.78 is 13.8. The van der Waals surface area contributed by atoms with Crippen LogP contribution in [0.1, 0.15) is 29.2 Å². The van der Waals surface area contributed by atoms with E-state index in [0.717, 1.165) is 12.8 Å². The molecule has 0 saturated heterocycles. The molecule has 2 aromatic rings. The molecule has 0 bridgehead atoms. The molecule has 0 heterocycles. The summed E-state index contributed by atoms with van der Waals surface area (Å²) in [6.07, 6.45) is 2.04. The van der Waals surface area contributed by atoms with Crippen LogP contribution >= 0.6 is 11.6 Å². The maximum absolute atomic E-state index is 13.8. The van der Waals surface area contributed by atoms with E-state index in [1.54, 1.807) is 12.1 Å². The number of benzene rings is 2. The molecule has 1 nitrogen and oxygen atoms in total. The third-order valence-electron chi connectivity index (χ3n) is 3.64. The van der Waals surface area contributed by atoms with Crippen LogP contribution in [0, 0.1) is 12.7 Å². The molecule has 0 amide bonds. The molecule has 1 aliphatic rings. The third kappa shape index (κ3) is 2.45. The fraction of sp³-hybridized carbons (Fsp3) is 0.250. The Morgan fingerprint density at radius 1 is 1.21 bits per heavy atom. The van der Waals surface area contributed by atoms with Crippen LogP contribution in [0.15, 0.2) is 36.4 Å². The fourth-order valence-electron chi connectivity index (χ4n) is 2.67. The van der Waals surface area contributed by atoms with Crippen LogP contribution in [0.25, 0.3) is 0 Å². The smallest absolute Gasteiger partial charge is 0.147 e. The number of halogens is 2. The molecule has 0 fully saturated rings. The Labute approximate surface area is 117 Å². The molecule has 0 radical (unpaired) electrons. The second-order valence-electron chi connectivity index (χ2n) is 5.06. The van der Waals surface area contributed by atoms with Crippen molar-refractivity contribution in [3.05, 3.63) is 63.9 Å². The van der Waals surface area contributed by atoms with Crippen molar-refractivity contribution in [2.45, 2.75) is 25.8 Å². The number of hydrogen-bond donors (Lipinski definition) is 1. The molecule has 1 unspecified atom stereocenters. The Morgan fingerprint density at radius 3 is 2.84 bits per heavy atom. The lowest BCUT2D eigenvalue weighted by Crippen LogP contribution is -2.08. The Kier molecular flexibility index (Phi) is 3.19. The first-order chi connectivity index (χ1) is 9.13. The molecular weight excluding hydrogens is 261 g/mol. The fourth-order valence-corrected chi connectivity index (χ4v) is 2.82. The van der Waals surface area contributed by atoms with Crippen LogP contribution in [0.3, 0.4) is 0 Å². The average Bonchev–Trinajstić information content (AvgIpc) is 2.75. The van der Waals surface area contributed by atoms with Gasteiger partial charge in [-0.15, -0.1) is 0 Å². The van der Waals surface area contributed by atoms with Crippen molar-refractivity contribution in [2.75, 3.05) is 5.32 Å². The van der Waals surface area contributed by atoms with Gasteiger partial charge in [-0.2, -0.15) is 0 Å². The highest BCUT2D eigenvalue weighted by Crippen LogP contribution is 2.35. The molecule has 0 aromatic heterocycles.